The molecular formula is C8H11BrN2O2. The molecule has 5 heteroatoms. The zero-order valence-corrected chi connectivity index (χ0v) is 8.48. The number of nitrogens with zero attached hydrogens (tertiary/aromatic N) is 1. The van der Waals surface area contributed by atoms with Gasteiger partial charge in [-0.3, -0.25) is 0 Å². The minimum absolute atomic E-state index is 0.296. The van der Waals surface area contributed by atoms with E-state index in [1.165, 1.54) is 0 Å². The predicted molar refractivity (Wildman–Crippen MR) is 53.4 cm³/mol. The fraction of sp³-hybridized carbons (Fsp3) is 0.375. The average Bonchev–Trinajstić information content (AvgIpc) is 2.15. The maximum Gasteiger partial charge on any atom is 0.123 e. The Balaban J connectivity index is 2.82. The summed E-state index contributed by atoms with van der Waals surface area (Å²) in [7, 11) is 0. The monoisotopic (exact) mass is 246 g/mol. The second-order valence-electron chi connectivity index (χ2n) is 2.65. The Kier molecular flexibility index (Phi) is 3.65. The van der Waals surface area contributed by atoms with Crippen LogP contribution in [0.15, 0.2) is 18.2 Å². The fourth-order valence-corrected chi connectivity index (χ4v) is 1.27. The summed E-state index contributed by atoms with van der Waals surface area (Å²) < 4.78 is 0. The maximum absolute atomic E-state index is 9.52. The number of aliphatic hydroxyl groups is 2. The number of anilines is 1. The largest absolute Gasteiger partial charge is 0.389 e. The quantitative estimate of drug-likeness (QED) is 0.677. The predicted octanol–water partition coefficient (Wildman–Crippen LogP) is 0.453. The molecule has 13 heavy (non-hydrogen) atoms. The highest BCUT2D eigenvalue weighted by Gasteiger charge is 2.18. The summed E-state index contributed by atoms with van der Waals surface area (Å²) in [6, 6.07) is 4.92. The van der Waals surface area contributed by atoms with Crippen molar-refractivity contribution in [3.05, 3.63) is 23.9 Å². The molecule has 72 valence electrons. The lowest BCUT2D eigenvalue weighted by Gasteiger charge is -2.14. The van der Waals surface area contributed by atoms with Gasteiger partial charge < -0.3 is 15.9 Å². The van der Waals surface area contributed by atoms with Gasteiger partial charge in [0.25, 0.3) is 0 Å². The van der Waals surface area contributed by atoms with Gasteiger partial charge in [0.2, 0.25) is 0 Å². The van der Waals surface area contributed by atoms with Gasteiger partial charge in [-0.15, -0.1) is 0 Å². The molecule has 2 atom stereocenters. The molecule has 0 aliphatic carbocycles. The molecule has 4 nitrogen and oxygen atoms in total. The van der Waals surface area contributed by atoms with Crippen molar-refractivity contribution in [3.8, 4) is 0 Å². The van der Waals surface area contributed by atoms with Crippen LogP contribution in [0.25, 0.3) is 0 Å². The second kappa shape index (κ2) is 4.55. The van der Waals surface area contributed by atoms with E-state index in [2.05, 4.69) is 20.9 Å². The van der Waals surface area contributed by atoms with Gasteiger partial charge in [0, 0.05) is 5.33 Å². The second-order valence-corrected chi connectivity index (χ2v) is 3.30. The molecular weight excluding hydrogens is 236 g/mol. The molecule has 0 aliphatic heterocycles. The third kappa shape index (κ3) is 2.65. The molecule has 0 amide bonds. The molecule has 0 saturated heterocycles. The number of alkyl halides is 1. The topological polar surface area (TPSA) is 79.4 Å². The van der Waals surface area contributed by atoms with Gasteiger partial charge in [-0.2, -0.15) is 0 Å². The van der Waals surface area contributed by atoms with Crippen LogP contribution in [0.1, 0.15) is 11.8 Å². The van der Waals surface area contributed by atoms with Gasteiger partial charge in [-0.25, -0.2) is 4.98 Å². The van der Waals surface area contributed by atoms with E-state index in [0.717, 1.165) is 0 Å². The highest BCUT2D eigenvalue weighted by Crippen LogP contribution is 2.16. The van der Waals surface area contributed by atoms with Crippen LogP contribution in [0.4, 0.5) is 5.82 Å². The number of nitrogens with two attached hydrogens (primary N) is 1. The van der Waals surface area contributed by atoms with Crippen molar-refractivity contribution in [3.63, 3.8) is 0 Å². The average molecular weight is 247 g/mol. The van der Waals surface area contributed by atoms with Crippen molar-refractivity contribution in [1.29, 1.82) is 0 Å². The molecule has 0 saturated carbocycles. The Bertz CT molecular complexity index is 283. The van der Waals surface area contributed by atoms with Gasteiger partial charge in [0.15, 0.2) is 0 Å². The Hall–Kier alpha value is -0.650. The minimum Gasteiger partial charge on any atom is -0.389 e. The number of rotatable bonds is 3. The molecule has 0 aromatic carbocycles. The lowest BCUT2D eigenvalue weighted by molar-refractivity contribution is 0.0316. The number of aromatic nitrogens is 1. The number of nitrogen functional groups attached to an aromatic ring is 1. The highest BCUT2D eigenvalue weighted by molar-refractivity contribution is 9.09. The van der Waals surface area contributed by atoms with Gasteiger partial charge in [-0.05, 0) is 12.1 Å². The van der Waals surface area contributed by atoms with E-state index in [1.807, 2.05) is 0 Å². The lowest BCUT2D eigenvalue weighted by Crippen LogP contribution is -2.20. The summed E-state index contributed by atoms with van der Waals surface area (Å²) in [4.78, 5) is 3.89. The SMILES string of the molecule is Nc1cccc(C(O)C(O)CBr)n1. The van der Waals surface area contributed by atoms with Gasteiger partial charge in [-0.1, -0.05) is 22.0 Å². The van der Waals surface area contributed by atoms with E-state index in [1.54, 1.807) is 18.2 Å². The molecule has 2 unspecified atom stereocenters. The third-order valence-corrected chi connectivity index (χ3v) is 2.28. The molecule has 0 radical (unpaired) electrons. The minimum atomic E-state index is -0.997. The first-order valence-corrected chi connectivity index (χ1v) is 4.92. The van der Waals surface area contributed by atoms with Crippen LogP contribution in [-0.4, -0.2) is 26.6 Å². The Labute approximate surface area is 84.5 Å². The standard InChI is InChI=1S/C8H11BrN2O2/c9-4-6(12)8(13)5-2-1-3-7(10)11-5/h1-3,6,8,12-13H,4H2,(H2,10,11). The van der Waals surface area contributed by atoms with Crippen molar-refractivity contribution in [1.82, 2.24) is 4.98 Å². The molecule has 1 heterocycles. The summed E-state index contributed by atoms with van der Waals surface area (Å²) in [5.41, 5.74) is 5.80. The Morgan fingerprint density at radius 2 is 2.15 bits per heavy atom. The van der Waals surface area contributed by atoms with E-state index in [-0.39, 0.29) is 0 Å². The molecule has 1 rings (SSSR count). The lowest BCUT2D eigenvalue weighted by atomic mass is 10.1. The summed E-state index contributed by atoms with van der Waals surface area (Å²) in [5, 5.41) is 19.1. The van der Waals surface area contributed by atoms with Crippen molar-refractivity contribution in [2.45, 2.75) is 12.2 Å². The van der Waals surface area contributed by atoms with Crippen LogP contribution >= 0.6 is 15.9 Å². The zero-order valence-electron chi connectivity index (χ0n) is 6.89. The normalized spacial score (nSPS) is 15.3. The molecule has 1 aromatic rings. The van der Waals surface area contributed by atoms with E-state index in [0.29, 0.717) is 16.8 Å². The van der Waals surface area contributed by atoms with Gasteiger partial charge in [0.1, 0.15) is 11.9 Å². The molecule has 4 N–H and O–H groups in total. The van der Waals surface area contributed by atoms with Crippen LogP contribution in [0.2, 0.25) is 0 Å². The van der Waals surface area contributed by atoms with Gasteiger partial charge >= 0.3 is 0 Å². The van der Waals surface area contributed by atoms with Crippen LogP contribution < -0.4 is 5.73 Å². The van der Waals surface area contributed by atoms with E-state index in [4.69, 9.17) is 5.73 Å². The number of pyridine rings is 1. The first-order chi connectivity index (χ1) is 6.15. The summed E-state index contributed by atoms with van der Waals surface area (Å²) in [6.07, 6.45) is -1.86. The summed E-state index contributed by atoms with van der Waals surface area (Å²) >= 11 is 3.06. The number of halogens is 1. The molecule has 0 bridgehead atoms. The molecule has 0 spiro atoms. The number of hydrogen-bond acceptors (Lipinski definition) is 4. The van der Waals surface area contributed by atoms with Crippen molar-refractivity contribution >= 4 is 21.7 Å². The zero-order chi connectivity index (χ0) is 9.84. The van der Waals surface area contributed by atoms with E-state index >= 15 is 0 Å². The van der Waals surface area contributed by atoms with Crippen LogP contribution in [-0.2, 0) is 0 Å². The molecule has 0 aliphatic rings. The van der Waals surface area contributed by atoms with Crippen molar-refractivity contribution in [2.24, 2.45) is 0 Å². The van der Waals surface area contributed by atoms with Crippen LogP contribution in [0.5, 0.6) is 0 Å². The van der Waals surface area contributed by atoms with E-state index < -0.39 is 12.2 Å². The molecule has 1 aromatic heterocycles. The van der Waals surface area contributed by atoms with Crippen molar-refractivity contribution in [2.75, 3.05) is 11.1 Å². The maximum atomic E-state index is 9.52. The molecule has 0 fully saturated rings. The van der Waals surface area contributed by atoms with Crippen molar-refractivity contribution < 1.29 is 10.2 Å². The summed E-state index contributed by atoms with van der Waals surface area (Å²) in [5.74, 6) is 0.332. The van der Waals surface area contributed by atoms with Crippen LogP contribution in [0, 0.1) is 0 Å². The van der Waals surface area contributed by atoms with Gasteiger partial charge in [0.05, 0.1) is 11.8 Å². The van der Waals surface area contributed by atoms with E-state index in [9.17, 15) is 10.2 Å². The fourth-order valence-electron chi connectivity index (χ4n) is 0.915. The Morgan fingerprint density at radius 3 is 2.69 bits per heavy atom. The number of hydrogen-bond donors (Lipinski definition) is 3. The highest BCUT2D eigenvalue weighted by atomic mass is 79.9. The number of aliphatic hydroxyl groups excluding tert-OH is 2. The smallest absolute Gasteiger partial charge is 0.123 e. The Morgan fingerprint density at radius 1 is 1.46 bits per heavy atom. The first kappa shape index (κ1) is 10.4. The van der Waals surface area contributed by atoms with Crippen LogP contribution in [0.3, 0.4) is 0 Å². The summed E-state index contributed by atoms with van der Waals surface area (Å²) in [6.45, 7) is 0. The first-order valence-electron chi connectivity index (χ1n) is 3.79. The third-order valence-electron chi connectivity index (χ3n) is 1.62.